The van der Waals surface area contributed by atoms with Gasteiger partial charge in [-0.25, -0.2) is 4.79 Å². The lowest BCUT2D eigenvalue weighted by Gasteiger charge is -2.25. The summed E-state index contributed by atoms with van der Waals surface area (Å²) in [5.41, 5.74) is 0.246. The Balaban J connectivity index is 1.95. The van der Waals surface area contributed by atoms with Crippen LogP contribution in [-0.2, 0) is 16.1 Å². The molecule has 1 aliphatic rings. The summed E-state index contributed by atoms with van der Waals surface area (Å²) in [7, 11) is 0. The summed E-state index contributed by atoms with van der Waals surface area (Å²) >= 11 is 6.41. The summed E-state index contributed by atoms with van der Waals surface area (Å²) in [4.78, 5) is 38.3. The van der Waals surface area contributed by atoms with Gasteiger partial charge < -0.3 is 13.9 Å². The minimum Gasteiger partial charge on any atom is -0.490 e. The fourth-order valence-corrected chi connectivity index (χ4v) is 3.16. The maximum absolute atomic E-state index is 12.9. The Labute approximate surface area is 184 Å². The van der Waals surface area contributed by atoms with Crippen molar-refractivity contribution in [1.82, 2.24) is 10.2 Å². The number of rotatable bonds is 8. The van der Waals surface area contributed by atoms with Gasteiger partial charge in [0.1, 0.15) is 11.3 Å². The summed E-state index contributed by atoms with van der Waals surface area (Å²) in [5, 5.41) is 2.45. The normalized spacial score (nSPS) is 16.5. The molecule has 1 N–H and O–H groups in total. The molecule has 31 heavy (non-hydrogen) atoms. The van der Waals surface area contributed by atoms with Crippen molar-refractivity contribution in [3.63, 3.8) is 0 Å². The number of barbiturate groups is 1. The molecule has 164 valence electrons. The van der Waals surface area contributed by atoms with Crippen LogP contribution >= 0.6 is 11.6 Å². The number of nitrogens with one attached hydrogen (secondary N) is 1. The van der Waals surface area contributed by atoms with Gasteiger partial charge >= 0.3 is 6.03 Å². The molecule has 2 heterocycles. The van der Waals surface area contributed by atoms with E-state index in [1.165, 1.54) is 12.3 Å². The van der Waals surface area contributed by atoms with Crippen molar-refractivity contribution in [2.75, 3.05) is 6.61 Å². The molecule has 1 fully saturated rings. The summed E-state index contributed by atoms with van der Waals surface area (Å²) in [6.07, 6.45) is 3.50. The van der Waals surface area contributed by atoms with Gasteiger partial charge in [-0.15, -0.1) is 0 Å². The molecule has 1 saturated heterocycles. The van der Waals surface area contributed by atoms with Gasteiger partial charge in [0, 0.05) is 0 Å². The highest BCUT2D eigenvalue weighted by Gasteiger charge is 2.36. The molecule has 0 bridgehead atoms. The molecule has 9 heteroatoms. The van der Waals surface area contributed by atoms with Crippen LogP contribution in [0.5, 0.6) is 11.5 Å². The third-order valence-corrected chi connectivity index (χ3v) is 4.90. The Kier molecular flexibility index (Phi) is 7.02. The second-order valence-corrected chi connectivity index (χ2v) is 7.29. The van der Waals surface area contributed by atoms with Gasteiger partial charge in [0.2, 0.25) is 0 Å². The first-order valence-electron chi connectivity index (χ1n) is 9.88. The first kappa shape index (κ1) is 22.4. The number of hydrogen-bond acceptors (Lipinski definition) is 6. The zero-order chi connectivity index (χ0) is 22.5. The van der Waals surface area contributed by atoms with Crippen LogP contribution in [0.3, 0.4) is 0 Å². The van der Waals surface area contributed by atoms with Gasteiger partial charge in [-0.05, 0) is 56.2 Å². The summed E-state index contributed by atoms with van der Waals surface area (Å²) in [5.74, 6) is -0.326. The standard InChI is InChI=1S/C22H23ClN2O6/c1-4-13(3)31-19-17(23)10-14(11-18(19)29-5-2)9-16-20(26)24-22(28)25(21(16)27)12-15-7-6-8-30-15/h6-11,13H,4-5,12H2,1-3H3,(H,24,26,28). The molecular formula is C22H23ClN2O6. The average molecular weight is 447 g/mol. The molecule has 0 saturated carbocycles. The van der Waals surface area contributed by atoms with Gasteiger partial charge in [0.15, 0.2) is 11.5 Å². The Bertz CT molecular complexity index is 1020. The molecule has 2 aromatic rings. The Morgan fingerprint density at radius 1 is 1.26 bits per heavy atom. The van der Waals surface area contributed by atoms with Gasteiger partial charge in [-0.2, -0.15) is 0 Å². The van der Waals surface area contributed by atoms with Crippen molar-refractivity contribution >= 4 is 35.5 Å². The van der Waals surface area contributed by atoms with E-state index in [1.807, 2.05) is 20.8 Å². The Morgan fingerprint density at radius 3 is 2.68 bits per heavy atom. The van der Waals surface area contributed by atoms with E-state index in [0.29, 0.717) is 29.4 Å². The topological polar surface area (TPSA) is 98.1 Å². The lowest BCUT2D eigenvalue weighted by molar-refractivity contribution is -0.130. The molecule has 1 aromatic heterocycles. The third kappa shape index (κ3) is 5.08. The van der Waals surface area contributed by atoms with Gasteiger partial charge in [0.25, 0.3) is 11.8 Å². The molecule has 1 unspecified atom stereocenters. The molecule has 1 aliphatic heterocycles. The van der Waals surface area contributed by atoms with Crippen LogP contribution in [0.25, 0.3) is 6.08 Å². The van der Waals surface area contributed by atoms with Crippen molar-refractivity contribution in [2.45, 2.75) is 39.8 Å². The van der Waals surface area contributed by atoms with Crippen LogP contribution in [-0.4, -0.2) is 35.5 Å². The van der Waals surface area contributed by atoms with E-state index in [2.05, 4.69) is 5.32 Å². The fourth-order valence-electron chi connectivity index (χ4n) is 2.90. The first-order chi connectivity index (χ1) is 14.8. The fraction of sp³-hybridized carbons (Fsp3) is 0.318. The van der Waals surface area contributed by atoms with Crippen molar-refractivity contribution in [1.29, 1.82) is 0 Å². The number of furan rings is 1. The van der Waals surface area contributed by atoms with E-state index < -0.39 is 17.8 Å². The smallest absolute Gasteiger partial charge is 0.331 e. The highest BCUT2D eigenvalue weighted by atomic mass is 35.5. The molecule has 4 amide bonds. The van der Waals surface area contributed by atoms with E-state index in [0.717, 1.165) is 11.3 Å². The van der Waals surface area contributed by atoms with E-state index in [4.69, 9.17) is 25.5 Å². The number of hydrogen-bond donors (Lipinski definition) is 1. The molecule has 1 atom stereocenters. The van der Waals surface area contributed by atoms with E-state index in [1.54, 1.807) is 24.3 Å². The van der Waals surface area contributed by atoms with Crippen LogP contribution in [0.4, 0.5) is 4.79 Å². The predicted octanol–water partition coefficient (Wildman–Crippen LogP) is 4.17. The quantitative estimate of drug-likeness (QED) is 0.482. The number of imide groups is 2. The number of halogens is 1. The van der Waals surface area contributed by atoms with Crippen LogP contribution in [0.2, 0.25) is 5.02 Å². The number of urea groups is 1. The lowest BCUT2D eigenvalue weighted by atomic mass is 10.1. The summed E-state index contributed by atoms with van der Waals surface area (Å²) < 4.78 is 16.7. The van der Waals surface area contributed by atoms with Gasteiger partial charge in [-0.1, -0.05) is 18.5 Å². The van der Waals surface area contributed by atoms with E-state index in [-0.39, 0.29) is 23.2 Å². The minimum atomic E-state index is -0.811. The van der Waals surface area contributed by atoms with Gasteiger partial charge in [0.05, 0.1) is 30.5 Å². The zero-order valence-electron chi connectivity index (χ0n) is 17.4. The average Bonchev–Trinajstić information content (AvgIpc) is 3.24. The molecule has 3 rings (SSSR count). The SMILES string of the molecule is CCOc1cc(C=C2C(=O)NC(=O)N(Cc3ccco3)C2=O)cc(Cl)c1OC(C)CC. The largest absolute Gasteiger partial charge is 0.490 e. The van der Waals surface area contributed by atoms with Crippen LogP contribution in [0.15, 0.2) is 40.5 Å². The second-order valence-electron chi connectivity index (χ2n) is 6.89. The molecule has 0 radical (unpaired) electrons. The summed E-state index contributed by atoms with van der Waals surface area (Å²) in [6.45, 7) is 5.99. The van der Waals surface area contributed by atoms with Gasteiger partial charge in [-0.3, -0.25) is 19.8 Å². The predicted molar refractivity (Wildman–Crippen MR) is 114 cm³/mol. The molecule has 8 nitrogen and oxygen atoms in total. The highest BCUT2D eigenvalue weighted by molar-refractivity contribution is 6.33. The van der Waals surface area contributed by atoms with Crippen molar-refractivity contribution in [2.24, 2.45) is 0 Å². The van der Waals surface area contributed by atoms with Crippen molar-refractivity contribution in [3.8, 4) is 11.5 Å². The maximum Gasteiger partial charge on any atom is 0.331 e. The summed E-state index contributed by atoms with van der Waals surface area (Å²) in [6, 6.07) is 5.67. The number of carbonyl (C=O) groups excluding carboxylic acids is 3. The second kappa shape index (κ2) is 9.70. The first-order valence-corrected chi connectivity index (χ1v) is 10.3. The van der Waals surface area contributed by atoms with Crippen LogP contribution < -0.4 is 14.8 Å². The zero-order valence-corrected chi connectivity index (χ0v) is 18.2. The maximum atomic E-state index is 12.9. The van der Waals surface area contributed by atoms with Crippen molar-refractivity contribution in [3.05, 3.63) is 52.4 Å². The molecule has 0 aliphatic carbocycles. The number of ether oxygens (including phenoxy) is 2. The Morgan fingerprint density at radius 2 is 2.03 bits per heavy atom. The number of amides is 4. The minimum absolute atomic E-state index is 0.0761. The number of carbonyl (C=O) groups is 3. The van der Waals surface area contributed by atoms with Crippen molar-refractivity contribution < 1.29 is 28.3 Å². The number of nitrogens with zero attached hydrogens (tertiary/aromatic N) is 1. The van der Waals surface area contributed by atoms with E-state index in [9.17, 15) is 14.4 Å². The van der Waals surface area contributed by atoms with E-state index >= 15 is 0 Å². The van der Waals surface area contributed by atoms with Crippen LogP contribution in [0, 0.1) is 0 Å². The molecule has 0 spiro atoms. The lowest BCUT2D eigenvalue weighted by Crippen LogP contribution is -2.53. The third-order valence-electron chi connectivity index (χ3n) is 4.62. The highest BCUT2D eigenvalue weighted by Crippen LogP contribution is 2.38. The Hall–Kier alpha value is -3.26. The molecule has 1 aromatic carbocycles. The number of benzene rings is 1. The molecular weight excluding hydrogens is 424 g/mol. The van der Waals surface area contributed by atoms with Crippen LogP contribution in [0.1, 0.15) is 38.5 Å². The monoisotopic (exact) mass is 446 g/mol.